The zero-order valence-electron chi connectivity index (χ0n) is 8.98. The molecule has 2 aromatic heterocycles. The Kier molecular flexibility index (Phi) is 3.39. The van der Waals surface area contributed by atoms with Crippen LogP contribution in [0.2, 0.25) is 9.36 Å². The van der Waals surface area contributed by atoms with Gasteiger partial charge in [0, 0.05) is 0 Å². The number of fused-ring (bicyclic) bond motifs is 1. The van der Waals surface area contributed by atoms with Gasteiger partial charge in [0.2, 0.25) is 0 Å². The highest BCUT2D eigenvalue weighted by Crippen LogP contribution is 2.32. The zero-order valence-corrected chi connectivity index (χ0v) is 12.1. The van der Waals surface area contributed by atoms with Crippen LogP contribution in [0.25, 0.3) is 10.2 Å². The summed E-state index contributed by atoms with van der Waals surface area (Å²) in [4.78, 5) is 8.52. The lowest BCUT2D eigenvalue weighted by Gasteiger charge is -2.07. The first-order valence-corrected chi connectivity index (χ1v) is 7.55. The standard InChI is InChI=1S/C11H7Cl2N3S2/c12-6-1-2-7-11(16-5-17-7)10(6)15-4-9-14-3-8(13)18-9/h1-3,5,15H,4H2. The number of nitrogens with one attached hydrogen (secondary N) is 1. The molecule has 0 bridgehead atoms. The van der Waals surface area contributed by atoms with Crippen LogP contribution in [0.3, 0.4) is 0 Å². The largest absolute Gasteiger partial charge is 0.376 e. The Morgan fingerprint density at radius 1 is 1.22 bits per heavy atom. The molecule has 0 aliphatic heterocycles. The van der Waals surface area contributed by atoms with Crippen LogP contribution in [-0.4, -0.2) is 9.97 Å². The summed E-state index contributed by atoms with van der Waals surface area (Å²) in [6.07, 6.45) is 1.65. The first-order valence-electron chi connectivity index (χ1n) is 5.10. The van der Waals surface area contributed by atoms with Crippen LogP contribution < -0.4 is 5.32 Å². The van der Waals surface area contributed by atoms with E-state index in [1.807, 2.05) is 17.6 Å². The molecule has 0 aliphatic rings. The van der Waals surface area contributed by atoms with Crippen LogP contribution in [0.15, 0.2) is 23.8 Å². The van der Waals surface area contributed by atoms with Crippen LogP contribution in [0.4, 0.5) is 5.69 Å². The van der Waals surface area contributed by atoms with Crippen LogP contribution in [0.5, 0.6) is 0 Å². The molecular formula is C11H7Cl2N3S2. The molecule has 2 heterocycles. The summed E-state index contributed by atoms with van der Waals surface area (Å²) in [5, 5.41) is 4.86. The van der Waals surface area contributed by atoms with E-state index < -0.39 is 0 Å². The Morgan fingerprint density at radius 3 is 2.89 bits per heavy atom. The van der Waals surface area contributed by atoms with Crippen LogP contribution in [0, 0.1) is 0 Å². The molecule has 3 nitrogen and oxygen atoms in total. The maximum Gasteiger partial charge on any atom is 0.113 e. The molecule has 0 unspecified atom stereocenters. The van der Waals surface area contributed by atoms with Gasteiger partial charge in [-0.15, -0.1) is 22.7 Å². The molecule has 18 heavy (non-hydrogen) atoms. The minimum Gasteiger partial charge on any atom is -0.376 e. The SMILES string of the molecule is Clc1cnc(CNc2c(Cl)ccc3scnc23)s1. The third-order valence-electron chi connectivity index (χ3n) is 2.39. The van der Waals surface area contributed by atoms with Crippen LogP contribution in [0.1, 0.15) is 5.01 Å². The van der Waals surface area contributed by atoms with Crippen molar-refractivity contribution in [2.45, 2.75) is 6.54 Å². The van der Waals surface area contributed by atoms with Gasteiger partial charge in [0.15, 0.2) is 0 Å². The highest BCUT2D eigenvalue weighted by atomic mass is 35.5. The minimum absolute atomic E-state index is 0.591. The highest BCUT2D eigenvalue weighted by Gasteiger charge is 2.09. The molecule has 0 atom stereocenters. The molecule has 0 radical (unpaired) electrons. The lowest BCUT2D eigenvalue weighted by atomic mass is 10.3. The molecule has 3 rings (SSSR count). The Morgan fingerprint density at radius 2 is 2.11 bits per heavy atom. The monoisotopic (exact) mass is 315 g/mol. The van der Waals surface area contributed by atoms with Crippen molar-refractivity contribution in [3.63, 3.8) is 0 Å². The Labute approximate surface area is 121 Å². The quantitative estimate of drug-likeness (QED) is 0.763. The summed E-state index contributed by atoms with van der Waals surface area (Å²) in [7, 11) is 0. The molecule has 1 N–H and O–H groups in total. The van der Waals surface area contributed by atoms with E-state index in [1.165, 1.54) is 11.3 Å². The topological polar surface area (TPSA) is 37.8 Å². The van der Waals surface area contributed by atoms with Crippen molar-refractivity contribution >= 4 is 61.8 Å². The fourth-order valence-electron chi connectivity index (χ4n) is 1.61. The van der Waals surface area contributed by atoms with E-state index in [9.17, 15) is 0 Å². The number of nitrogens with zero attached hydrogens (tertiary/aromatic N) is 2. The van der Waals surface area contributed by atoms with Gasteiger partial charge in [-0.05, 0) is 12.1 Å². The van der Waals surface area contributed by atoms with Crippen molar-refractivity contribution < 1.29 is 0 Å². The number of halogens is 2. The van der Waals surface area contributed by atoms with Crippen LogP contribution in [-0.2, 0) is 6.54 Å². The maximum absolute atomic E-state index is 6.19. The molecule has 0 saturated carbocycles. The fourth-order valence-corrected chi connectivity index (χ4v) is 3.41. The molecule has 0 aliphatic carbocycles. The van der Waals surface area contributed by atoms with Gasteiger partial charge in [0.25, 0.3) is 0 Å². The van der Waals surface area contributed by atoms with E-state index in [0.29, 0.717) is 15.9 Å². The summed E-state index contributed by atoms with van der Waals surface area (Å²) in [6.45, 7) is 0.591. The Hall–Kier alpha value is -0.880. The predicted molar refractivity (Wildman–Crippen MR) is 79.1 cm³/mol. The van der Waals surface area contributed by atoms with Crippen molar-refractivity contribution in [2.75, 3.05) is 5.32 Å². The van der Waals surface area contributed by atoms with E-state index in [1.54, 1.807) is 17.5 Å². The zero-order chi connectivity index (χ0) is 12.5. The third kappa shape index (κ3) is 2.31. The number of aromatic nitrogens is 2. The van der Waals surface area contributed by atoms with E-state index in [0.717, 1.165) is 20.9 Å². The average molecular weight is 316 g/mol. The molecule has 7 heteroatoms. The first kappa shape index (κ1) is 12.2. The van der Waals surface area contributed by atoms with Gasteiger partial charge in [-0.1, -0.05) is 23.2 Å². The third-order valence-corrected chi connectivity index (χ3v) is 4.62. The molecule has 0 spiro atoms. The van der Waals surface area contributed by atoms with Crippen molar-refractivity contribution in [1.29, 1.82) is 0 Å². The fraction of sp³-hybridized carbons (Fsp3) is 0.0909. The number of anilines is 1. The summed E-state index contributed by atoms with van der Waals surface area (Å²) in [5.74, 6) is 0. The van der Waals surface area contributed by atoms with Crippen LogP contribution >= 0.6 is 45.9 Å². The number of thiazole rings is 2. The van der Waals surface area contributed by atoms with E-state index >= 15 is 0 Å². The average Bonchev–Trinajstić information content (AvgIpc) is 2.96. The molecule has 1 aromatic carbocycles. The second-order valence-electron chi connectivity index (χ2n) is 3.53. The normalized spacial score (nSPS) is 11.0. The van der Waals surface area contributed by atoms with E-state index in [2.05, 4.69) is 15.3 Å². The van der Waals surface area contributed by atoms with Crippen molar-refractivity contribution in [3.8, 4) is 0 Å². The van der Waals surface area contributed by atoms with Crippen molar-refractivity contribution in [1.82, 2.24) is 9.97 Å². The highest BCUT2D eigenvalue weighted by molar-refractivity contribution is 7.17. The summed E-state index contributed by atoms with van der Waals surface area (Å²) in [5.41, 5.74) is 3.56. The van der Waals surface area contributed by atoms with Gasteiger partial charge in [0.1, 0.15) is 14.9 Å². The molecule has 0 fully saturated rings. The second kappa shape index (κ2) is 5.01. The summed E-state index contributed by atoms with van der Waals surface area (Å²) in [6, 6.07) is 3.85. The molecular weight excluding hydrogens is 309 g/mol. The first-order chi connectivity index (χ1) is 8.74. The van der Waals surface area contributed by atoms with E-state index in [4.69, 9.17) is 23.2 Å². The van der Waals surface area contributed by atoms with Gasteiger partial charge in [-0.2, -0.15) is 0 Å². The summed E-state index contributed by atoms with van der Waals surface area (Å²) < 4.78 is 1.80. The molecule has 0 amide bonds. The predicted octanol–water partition coefficient (Wildman–Crippen LogP) is 4.67. The Balaban J connectivity index is 1.89. The lowest BCUT2D eigenvalue weighted by molar-refractivity contribution is 1.11. The number of benzene rings is 1. The number of rotatable bonds is 3. The summed E-state index contributed by atoms with van der Waals surface area (Å²) >= 11 is 15.1. The van der Waals surface area contributed by atoms with Gasteiger partial charge in [-0.3, -0.25) is 0 Å². The number of hydrogen-bond acceptors (Lipinski definition) is 5. The van der Waals surface area contributed by atoms with Crippen molar-refractivity contribution in [2.24, 2.45) is 0 Å². The van der Waals surface area contributed by atoms with E-state index in [-0.39, 0.29) is 0 Å². The minimum atomic E-state index is 0.591. The van der Waals surface area contributed by atoms with Gasteiger partial charge >= 0.3 is 0 Å². The van der Waals surface area contributed by atoms with Gasteiger partial charge in [-0.25, -0.2) is 9.97 Å². The smallest absolute Gasteiger partial charge is 0.113 e. The lowest BCUT2D eigenvalue weighted by Crippen LogP contribution is -2.00. The van der Waals surface area contributed by atoms with Gasteiger partial charge in [0.05, 0.1) is 33.7 Å². The Bertz CT molecular complexity index is 692. The second-order valence-corrected chi connectivity index (χ2v) is 6.57. The number of hydrogen-bond donors (Lipinski definition) is 1. The van der Waals surface area contributed by atoms with Crippen molar-refractivity contribution in [3.05, 3.63) is 38.2 Å². The molecule has 0 saturated heterocycles. The maximum atomic E-state index is 6.19. The van der Waals surface area contributed by atoms with Gasteiger partial charge < -0.3 is 5.32 Å². The molecule has 92 valence electrons. The molecule has 3 aromatic rings.